The quantitative estimate of drug-likeness (QED) is 0.512. The Kier molecular flexibility index (Phi) is 4.95. The van der Waals surface area contributed by atoms with E-state index in [-0.39, 0.29) is 5.56 Å². The van der Waals surface area contributed by atoms with Crippen LogP contribution in [0.1, 0.15) is 21.5 Å². The molecule has 0 bridgehead atoms. The van der Waals surface area contributed by atoms with Crippen LogP contribution in [0.15, 0.2) is 47.6 Å². The van der Waals surface area contributed by atoms with Crippen LogP contribution in [0.3, 0.4) is 0 Å². The normalized spacial score (nSPS) is 10.5. The van der Waals surface area contributed by atoms with Crippen LogP contribution in [-0.2, 0) is 0 Å². The lowest BCUT2D eigenvalue weighted by Crippen LogP contribution is -2.18. The molecule has 0 aliphatic carbocycles. The van der Waals surface area contributed by atoms with Gasteiger partial charge in [-0.3, -0.25) is 25.0 Å². The van der Waals surface area contributed by atoms with Gasteiger partial charge in [0.1, 0.15) is 0 Å². The van der Waals surface area contributed by atoms with Gasteiger partial charge in [0.2, 0.25) is 0 Å². The standard InChI is InChI=1S/C15H12N4O5/c1-10-2-4-11(5-3-10)9-16-17-15(20)12-6-13(18(21)22)8-14(7-12)19(23)24/h2-9H,1H3,(H,17,20). The van der Waals surface area contributed by atoms with Crippen molar-refractivity contribution in [2.45, 2.75) is 6.92 Å². The second-order valence-corrected chi connectivity index (χ2v) is 4.86. The fraction of sp³-hybridized carbons (Fsp3) is 0.0667. The maximum atomic E-state index is 12.0. The zero-order chi connectivity index (χ0) is 17.7. The molecule has 2 aromatic carbocycles. The summed E-state index contributed by atoms with van der Waals surface area (Å²) < 4.78 is 0. The van der Waals surface area contributed by atoms with Gasteiger partial charge in [-0.15, -0.1) is 0 Å². The van der Waals surface area contributed by atoms with Crippen LogP contribution in [0.5, 0.6) is 0 Å². The van der Waals surface area contributed by atoms with Crippen molar-refractivity contribution in [3.05, 3.63) is 79.4 Å². The molecule has 0 aliphatic rings. The first-order chi connectivity index (χ1) is 11.4. The first kappa shape index (κ1) is 16.7. The predicted molar refractivity (Wildman–Crippen MR) is 86.0 cm³/mol. The van der Waals surface area contributed by atoms with Crippen LogP contribution in [0.4, 0.5) is 11.4 Å². The first-order valence-corrected chi connectivity index (χ1v) is 6.71. The molecule has 2 rings (SSSR count). The van der Waals surface area contributed by atoms with Gasteiger partial charge in [0.15, 0.2) is 0 Å². The summed E-state index contributed by atoms with van der Waals surface area (Å²) in [6.07, 6.45) is 1.39. The van der Waals surface area contributed by atoms with Crippen LogP contribution < -0.4 is 5.43 Å². The van der Waals surface area contributed by atoms with Crippen molar-refractivity contribution in [2.75, 3.05) is 0 Å². The maximum Gasteiger partial charge on any atom is 0.277 e. The highest BCUT2D eigenvalue weighted by atomic mass is 16.6. The summed E-state index contributed by atoms with van der Waals surface area (Å²) in [4.78, 5) is 32.0. The average molecular weight is 328 g/mol. The lowest BCUT2D eigenvalue weighted by Gasteiger charge is -2.01. The van der Waals surface area contributed by atoms with E-state index in [2.05, 4.69) is 10.5 Å². The number of amides is 1. The van der Waals surface area contributed by atoms with Gasteiger partial charge in [0.05, 0.1) is 27.7 Å². The van der Waals surface area contributed by atoms with Gasteiger partial charge in [0, 0.05) is 12.1 Å². The van der Waals surface area contributed by atoms with Crippen LogP contribution >= 0.6 is 0 Å². The van der Waals surface area contributed by atoms with Gasteiger partial charge in [0.25, 0.3) is 17.3 Å². The van der Waals surface area contributed by atoms with E-state index in [0.717, 1.165) is 29.3 Å². The third-order valence-corrected chi connectivity index (χ3v) is 3.04. The van der Waals surface area contributed by atoms with Crippen molar-refractivity contribution in [2.24, 2.45) is 5.10 Å². The van der Waals surface area contributed by atoms with E-state index in [0.29, 0.717) is 0 Å². The number of hydrogen-bond donors (Lipinski definition) is 1. The summed E-state index contributed by atoms with van der Waals surface area (Å²) in [5, 5.41) is 25.3. The number of nitro groups is 2. The number of aryl methyl sites for hydroxylation is 1. The molecule has 1 amide bonds. The number of nitrogens with zero attached hydrogens (tertiary/aromatic N) is 3. The average Bonchev–Trinajstić information content (AvgIpc) is 2.56. The molecular weight excluding hydrogens is 316 g/mol. The molecule has 0 radical (unpaired) electrons. The molecule has 0 unspecified atom stereocenters. The van der Waals surface area contributed by atoms with E-state index >= 15 is 0 Å². The van der Waals surface area contributed by atoms with Crippen LogP contribution in [0.25, 0.3) is 0 Å². The molecule has 0 spiro atoms. The molecule has 0 atom stereocenters. The maximum absolute atomic E-state index is 12.0. The molecule has 24 heavy (non-hydrogen) atoms. The summed E-state index contributed by atoms with van der Waals surface area (Å²) in [5.41, 5.74) is 2.68. The minimum Gasteiger partial charge on any atom is -0.267 e. The number of carbonyl (C=O) groups excluding carboxylic acids is 1. The van der Waals surface area contributed by atoms with E-state index in [1.54, 1.807) is 12.1 Å². The number of nitro benzene ring substituents is 2. The molecule has 9 heteroatoms. The van der Waals surface area contributed by atoms with Crippen molar-refractivity contribution in [3.8, 4) is 0 Å². The Morgan fingerprint density at radius 3 is 2.08 bits per heavy atom. The van der Waals surface area contributed by atoms with Gasteiger partial charge in [-0.05, 0) is 12.5 Å². The number of hydrazone groups is 1. The molecule has 1 N–H and O–H groups in total. The van der Waals surface area contributed by atoms with Gasteiger partial charge in [-0.25, -0.2) is 5.43 Å². The van der Waals surface area contributed by atoms with Crippen LogP contribution in [-0.4, -0.2) is 22.0 Å². The number of rotatable bonds is 5. The number of hydrogen-bond acceptors (Lipinski definition) is 6. The van der Waals surface area contributed by atoms with Crippen molar-refractivity contribution in [3.63, 3.8) is 0 Å². The van der Waals surface area contributed by atoms with E-state index in [9.17, 15) is 25.0 Å². The van der Waals surface area contributed by atoms with Gasteiger partial charge < -0.3 is 0 Å². The van der Waals surface area contributed by atoms with Crippen molar-refractivity contribution in [1.29, 1.82) is 0 Å². The first-order valence-electron chi connectivity index (χ1n) is 6.71. The second-order valence-electron chi connectivity index (χ2n) is 4.86. The molecule has 122 valence electrons. The third-order valence-electron chi connectivity index (χ3n) is 3.04. The highest BCUT2D eigenvalue weighted by molar-refractivity contribution is 5.96. The minimum absolute atomic E-state index is 0.225. The lowest BCUT2D eigenvalue weighted by atomic mass is 10.1. The molecule has 0 aliphatic heterocycles. The van der Waals surface area contributed by atoms with E-state index in [1.165, 1.54) is 6.21 Å². The largest absolute Gasteiger partial charge is 0.277 e. The summed E-state index contributed by atoms with van der Waals surface area (Å²) in [5.74, 6) is -0.787. The summed E-state index contributed by atoms with van der Waals surface area (Å²) in [6, 6.07) is 10.0. The van der Waals surface area contributed by atoms with Crippen molar-refractivity contribution >= 4 is 23.5 Å². The predicted octanol–water partition coefficient (Wildman–Crippen LogP) is 2.58. The molecule has 0 saturated carbocycles. The molecular formula is C15H12N4O5. The van der Waals surface area contributed by atoms with Crippen LogP contribution in [0, 0.1) is 27.2 Å². The van der Waals surface area contributed by atoms with Gasteiger partial charge >= 0.3 is 0 Å². The smallest absolute Gasteiger partial charge is 0.267 e. The van der Waals surface area contributed by atoms with Crippen molar-refractivity contribution in [1.82, 2.24) is 5.43 Å². The monoisotopic (exact) mass is 328 g/mol. The molecule has 0 aromatic heterocycles. The molecule has 0 saturated heterocycles. The number of carbonyl (C=O) groups is 1. The molecule has 2 aromatic rings. The molecule has 9 nitrogen and oxygen atoms in total. The Bertz CT molecular complexity index is 798. The third kappa shape index (κ3) is 4.19. The van der Waals surface area contributed by atoms with E-state index < -0.39 is 27.1 Å². The zero-order valence-electron chi connectivity index (χ0n) is 12.5. The Labute approximate surface area is 135 Å². The topological polar surface area (TPSA) is 128 Å². The fourth-order valence-corrected chi connectivity index (χ4v) is 1.82. The number of benzene rings is 2. The number of non-ortho nitro benzene ring substituents is 2. The fourth-order valence-electron chi connectivity index (χ4n) is 1.82. The summed E-state index contributed by atoms with van der Waals surface area (Å²) >= 11 is 0. The Hall–Kier alpha value is -3.62. The number of nitrogens with one attached hydrogen (secondary N) is 1. The van der Waals surface area contributed by atoms with E-state index in [1.807, 2.05) is 19.1 Å². The summed E-state index contributed by atoms with van der Waals surface area (Å²) in [6.45, 7) is 1.93. The summed E-state index contributed by atoms with van der Waals surface area (Å²) in [7, 11) is 0. The second kappa shape index (κ2) is 7.09. The minimum atomic E-state index is -0.806. The van der Waals surface area contributed by atoms with Gasteiger partial charge in [-0.1, -0.05) is 29.8 Å². The Morgan fingerprint density at radius 2 is 1.58 bits per heavy atom. The molecule has 0 heterocycles. The highest BCUT2D eigenvalue weighted by Crippen LogP contribution is 2.22. The lowest BCUT2D eigenvalue weighted by molar-refractivity contribution is -0.394. The zero-order valence-corrected chi connectivity index (χ0v) is 12.5. The Morgan fingerprint density at radius 1 is 1.04 bits per heavy atom. The van der Waals surface area contributed by atoms with Gasteiger partial charge in [-0.2, -0.15) is 5.10 Å². The van der Waals surface area contributed by atoms with Crippen molar-refractivity contribution < 1.29 is 14.6 Å². The van der Waals surface area contributed by atoms with E-state index in [4.69, 9.17) is 0 Å². The highest BCUT2D eigenvalue weighted by Gasteiger charge is 2.19. The van der Waals surface area contributed by atoms with Crippen LogP contribution in [0.2, 0.25) is 0 Å². The molecule has 0 fully saturated rings. The Balaban J connectivity index is 2.18. The SMILES string of the molecule is Cc1ccc(C=NNC(=O)c2cc([N+](=O)[O-])cc([N+](=O)[O-])c2)cc1.